The van der Waals surface area contributed by atoms with Crippen molar-refractivity contribution in [3.8, 4) is 0 Å². The lowest BCUT2D eigenvalue weighted by molar-refractivity contribution is 0.102. The van der Waals surface area contributed by atoms with Gasteiger partial charge >= 0.3 is 0 Å². The van der Waals surface area contributed by atoms with Gasteiger partial charge < -0.3 is 10.6 Å². The van der Waals surface area contributed by atoms with Crippen LogP contribution < -0.4 is 10.6 Å². The number of rotatable bonds is 5. The number of hydrogen-bond acceptors (Lipinski definition) is 4. The molecule has 0 fully saturated rings. The number of thiazole rings is 1. The normalized spacial score (nSPS) is 10.5. The molecule has 0 spiro atoms. The third-order valence-electron chi connectivity index (χ3n) is 3.62. The number of nitrogens with zero attached hydrogens (tertiary/aromatic N) is 1. The summed E-state index contributed by atoms with van der Waals surface area (Å²) in [5, 5.41) is 6.22. The summed E-state index contributed by atoms with van der Waals surface area (Å²) in [4.78, 5) is 17.4. The van der Waals surface area contributed by atoms with Crippen molar-refractivity contribution in [1.82, 2.24) is 4.98 Å². The monoisotopic (exact) mass is 371 g/mol. The highest BCUT2D eigenvalue weighted by atomic mass is 35.5. The van der Waals surface area contributed by atoms with Crippen LogP contribution in [0.15, 0.2) is 48.7 Å². The molecule has 6 heteroatoms. The van der Waals surface area contributed by atoms with Crippen LogP contribution in [0.25, 0.3) is 0 Å². The molecule has 4 nitrogen and oxygen atoms in total. The van der Waals surface area contributed by atoms with Gasteiger partial charge in [-0.15, -0.1) is 11.3 Å². The number of anilines is 2. The molecule has 1 amide bonds. The summed E-state index contributed by atoms with van der Waals surface area (Å²) < 4.78 is 0.537. The highest BCUT2D eigenvalue weighted by Gasteiger charge is 2.07. The van der Waals surface area contributed by atoms with Crippen LogP contribution in [0.4, 0.5) is 11.4 Å². The number of benzene rings is 2. The summed E-state index contributed by atoms with van der Waals surface area (Å²) in [5.74, 6) is -0.120. The van der Waals surface area contributed by atoms with E-state index in [1.165, 1.54) is 11.3 Å². The number of amides is 1. The van der Waals surface area contributed by atoms with Crippen LogP contribution in [0.1, 0.15) is 26.4 Å². The molecule has 0 unspecified atom stereocenters. The highest BCUT2D eigenvalue weighted by molar-refractivity contribution is 7.15. The Morgan fingerprint density at radius 1 is 1.08 bits per heavy atom. The topological polar surface area (TPSA) is 54.0 Å². The Balaban J connectivity index is 1.62. The first-order valence-electron chi connectivity index (χ1n) is 7.83. The van der Waals surface area contributed by atoms with E-state index in [0.717, 1.165) is 27.4 Å². The van der Waals surface area contributed by atoms with Gasteiger partial charge in [-0.1, -0.05) is 17.7 Å². The van der Waals surface area contributed by atoms with Crippen molar-refractivity contribution in [1.29, 1.82) is 0 Å². The lowest BCUT2D eigenvalue weighted by atomic mass is 10.1. The van der Waals surface area contributed by atoms with Crippen LogP contribution in [0, 0.1) is 13.8 Å². The number of nitrogens with one attached hydrogen (secondary N) is 2. The molecular formula is C19H18ClN3OS. The number of carbonyl (C=O) groups excluding carboxylic acids is 1. The molecule has 0 aliphatic rings. The van der Waals surface area contributed by atoms with Gasteiger partial charge in [0.05, 0.1) is 6.54 Å². The van der Waals surface area contributed by atoms with Crippen LogP contribution in [0.3, 0.4) is 0 Å². The molecule has 2 aromatic carbocycles. The molecule has 0 aliphatic carbocycles. The Labute approximate surface area is 155 Å². The van der Waals surface area contributed by atoms with Gasteiger partial charge in [-0.3, -0.25) is 4.79 Å². The van der Waals surface area contributed by atoms with Gasteiger partial charge in [-0.25, -0.2) is 4.98 Å². The van der Waals surface area contributed by atoms with Crippen LogP contribution in [0.2, 0.25) is 4.47 Å². The Kier molecular flexibility index (Phi) is 5.36. The first-order valence-corrected chi connectivity index (χ1v) is 9.03. The summed E-state index contributed by atoms with van der Waals surface area (Å²) in [6, 6.07) is 13.4. The van der Waals surface area contributed by atoms with E-state index in [1.54, 1.807) is 18.3 Å². The van der Waals surface area contributed by atoms with Gasteiger partial charge in [-0.2, -0.15) is 0 Å². The molecule has 128 valence electrons. The minimum Gasteiger partial charge on any atom is -0.380 e. The molecule has 3 aromatic rings. The first kappa shape index (κ1) is 17.5. The Bertz CT molecular complexity index is 870. The third kappa shape index (κ3) is 4.81. The Morgan fingerprint density at radius 2 is 1.76 bits per heavy atom. The summed E-state index contributed by atoms with van der Waals surface area (Å²) in [6.45, 7) is 4.68. The third-order valence-corrected chi connectivity index (χ3v) is 4.73. The van der Waals surface area contributed by atoms with Crippen LogP contribution in [-0.2, 0) is 6.54 Å². The minimum atomic E-state index is -0.120. The molecule has 0 bridgehead atoms. The second kappa shape index (κ2) is 7.68. The molecule has 0 aliphatic heterocycles. The summed E-state index contributed by atoms with van der Waals surface area (Å²) in [7, 11) is 0. The Hall–Kier alpha value is -2.37. The zero-order valence-corrected chi connectivity index (χ0v) is 15.5. The molecule has 0 saturated heterocycles. The average Bonchev–Trinajstić information content (AvgIpc) is 2.98. The molecule has 1 aromatic heterocycles. The average molecular weight is 372 g/mol. The zero-order valence-electron chi connectivity index (χ0n) is 14.0. The smallest absolute Gasteiger partial charge is 0.255 e. The number of aryl methyl sites for hydroxylation is 2. The molecule has 2 N–H and O–H groups in total. The van der Waals surface area contributed by atoms with Gasteiger partial charge in [0.2, 0.25) is 0 Å². The van der Waals surface area contributed by atoms with Crippen molar-refractivity contribution in [2.24, 2.45) is 0 Å². The largest absolute Gasteiger partial charge is 0.380 e. The number of carbonyl (C=O) groups is 1. The van der Waals surface area contributed by atoms with E-state index in [1.807, 2.05) is 38.1 Å². The maximum atomic E-state index is 12.4. The van der Waals surface area contributed by atoms with E-state index in [-0.39, 0.29) is 5.91 Å². The number of aromatic nitrogens is 1. The molecule has 3 rings (SSSR count). The molecule has 0 saturated carbocycles. The number of halogens is 1. The zero-order chi connectivity index (χ0) is 17.8. The van der Waals surface area contributed by atoms with E-state index in [9.17, 15) is 4.79 Å². The maximum Gasteiger partial charge on any atom is 0.255 e. The number of hydrogen-bond donors (Lipinski definition) is 2. The summed E-state index contributed by atoms with van der Waals surface area (Å²) in [5.41, 5.74) is 4.61. The highest BCUT2D eigenvalue weighted by Crippen LogP contribution is 2.20. The first-order chi connectivity index (χ1) is 12.0. The molecule has 0 atom stereocenters. The van der Waals surface area contributed by atoms with E-state index in [2.05, 4.69) is 21.7 Å². The SMILES string of the molecule is Cc1cc(C)cc(NC(=O)c2ccc(NCc3cnc(Cl)s3)cc2)c1. The van der Waals surface area contributed by atoms with Gasteiger partial charge in [0.1, 0.15) is 0 Å². The van der Waals surface area contributed by atoms with Gasteiger partial charge in [0.25, 0.3) is 5.91 Å². The van der Waals surface area contributed by atoms with E-state index >= 15 is 0 Å². The van der Waals surface area contributed by atoms with E-state index in [4.69, 9.17) is 11.6 Å². The van der Waals surface area contributed by atoms with Crippen LogP contribution in [-0.4, -0.2) is 10.9 Å². The quantitative estimate of drug-likeness (QED) is 0.641. The van der Waals surface area contributed by atoms with Crippen molar-refractivity contribution < 1.29 is 4.79 Å². The standard InChI is InChI=1S/C19H18ClN3OS/c1-12-7-13(2)9-16(8-12)23-18(24)14-3-5-15(6-4-14)21-10-17-11-22-19(20)25-17/h3-9,11,21H,10H2,1-2H3,(H,23,24). The van der Waals surface area contributed by atoms with Gasteiger partial charge in [-0.05, 0) is 61.4 Å². The summed E-state index contributed by atoms with van der Waals surface area (Å²) >= 11 is 7.27. The van der Waals surface area contributed by atoms with Crippen molar-refractivity contribution in [2.45, 2.75) is 20.4 Å². The Morgan fingerprint density at radius 3 is 2.36 bits per heavy atom. The second-order valence-electron chi connectivity index (χ2n) is 5.84. The maximum absolute atomic E-state index is 12.4. The second-order valence-corrected chi connectivity index (χ2v) is 7.54. The molecular weight excluding hydrogens is 354 g/mol. The fourth-order valence-corrected chi connectivity index (χ4v) is 3.46. The van der Waals surface area contributed by atoms with E-state index in [0.29, 0.717) is 16.6 Å². The van der Waals surface area contributed by atoms with Crippen LogP contribution in [0.5, 0.6) is 0 Å². The minimum absolute atomic E-state index is 0.120. The van der Waals surface area contributed by atoms with Gasteiger partial charge in [0.15, 0.2) is 4.47 Å². The van der Waals surface area contributed by atoms with Crippen LogP contribution >= 0.6 is 22.9 Å². The summed E-state index contributed by atoms with van der Waals surface area (Å²) in [6.07, 6.45) is 1.76. The molecule has 0 radical (unpaired) electrons. The predicted molar refractivity (Wildman–Crippen MR) is 105 cm³/mol. The van der Waals surface area contributed by atoms with Crippen molar-refractivity contribution in [2.75, 3.05) is 10.6 Å². The fraction of sp³-hybridized carbons (Fsp3) is 0.158. The van der Waals surface area contributed by atoms with Crippen molar-refractivity contribution in [3.05, 3.63) is 74.7 Å². The fourth-order valence-electron chi connectivity index (χ4n) is 2.54. The predicted octanol–water partition coefficient (Wildman–Crippen LogP) is 5.28. The van der Waals surface area contributed by atoms with Crippen molar-refractivity contribution in [3.63, 3.8) is 0 Å². The lowest BCUT2D eigenvalue weighted by Gasteiger charge is -2.09. The van der Waals surface area contributed by atoms with E-state index < -0.39 is 0 Å². The lowest BCUT2D eigenvalue weighted by Crippen LogP contribution is -2.12. The van der Waals surface area contributed by atoms with Crippen molar-refractivity contribution >= 4 is 40.2 Å². The van der Waals surface area contributed by atoms with Gasteiger partial charge in [0, 0.05) is 28.0 Å². The molecule has 25 heavy (non-hydrogen) atoms. The molecule has 1 heterocycles.